The molecule has 9 aromatic rings. The fraction of sp³-hybridized carbons (Fsp3) is 0. The fourth-order valence-corrected chi connectivity index (χ4v) is 7.34. The summed E-state index contributed by atoms with van der Waals surface area (Å²) in [5.41, 5.74) is 11.4. The topological polar surface area (TPSA) is 57.4 Å². The Kier molecular flexibility index (Phi) is 6.22. The monoisotopic (exact) mass is 610 g/mol. The lowest BCUT2D eigenvalue weighted by Crippen LogP contribution is -1.99. The quantitative estimate of drug-likeness (QED) is 0.199. The molecule has 0 amide bonds. The van der Waals surface area contributed by atoms with E-state index >= 15 is 0 Å². The molecular weight excluding hydrogens is 585 g/mol. The Hall–Kier alpha value is -6.88. The van der Waals surface area contributed by atoms with Crippen LogP contribution in [0.2, 0.25) is 0 Å². The van der Waals surface area contributed by atoms with E-state index in [-0.39, 0.29) is 0 Å². The van der Waals surface area contributed by atoms with Crippen molar-refractivity contribution in [2.45, 2.75) is 0 Å². The van der Waals surface area contributed by atoms with Crippen LogP contribution >= 0.6 is 0 Å². The smallest absolute Gasteiger partial charge is 0.101 e. The van der Waals surface area contributed by atoms with Gasteiger partial charge in [0.05, 0.1) is 45.0 Å². The van der Waals surface area contributed by atoms with Gasteiger partial charge < -0.3 is 9.13 Å². The number of hydrogen-bond acceptors (Lipinski definition) is 2. The van der Waals surface area contributed by atoms with Crippen molar-refractivity contribution in [1.29, 1.82) is 10.5 Å². The maximum atomic E-state index is 10.3. The number of nitrogens with zero attached hydrogens (tertiary/aromatic N) is 4. The van der Waals surface area contributed by atoms with Crippen LogP contribution in [-0.4, -0.2) is 9.13 Å². The molecule has 4 heteroatoms. The molecule has 0 spiro atoms. The van der Waals surface area contributed by atoms with E-state index in [1.54, 1.807) is 0 Å². The van der Waals surface area contributed by atoms with Crippen molar-refractivity contribution >= 4 is 43.6 Å². The van der Waals surface area contributed by atoms with Crippen LogP contribution in [0.3, 0.4) is 0 Å². The average molecular weight is 611 g/mol. The molecule has 7 aromatic carbocycles. The zero-order valence-corrected chi connectivity index (χ0v) is 25.8. The first-order valence-corrected chi connectivity index (χ1v) is 15.9. The third-order valence-electron chi connectivity index (χ3n) is 9.41. The second-order valence-corrected chi connectivity index (χ2v) is 12.0. The standard InChI is InChI=1S/C44H26N4/c45-27-32-12-9-21-42(48-40-19-5-1-14-35(40)36-15-2-6-20-41(36)48)43(32)31-11-7-10-30(26-31)29-22-24-34(25-23-29)47-39-18-4-3-16-37(39)38-17-8-13-33(28-46)44(38)47/h1-26H. The number of hydrogen-bond donors (Lipinski definition) is 0. The molecule has 0 saturated heterocycles. The number of fused-ring (bicyclic) bond motifs is 6. The van der Waals surface area contributed by atoms with Gasteiger partial charge in [0, 0.05) is 32.8 Å². The predicted molar refractivity (Wildman–Crippen MR) is 195 cm³/mol. The Bertz CT molecular complexity index is 2750. The lowest BCUT2D eigenvalue weighted by Gasteiger charge is -2.16. The van der Waals surface area contributed by atoms with E-state index in [1.807, 2.05) is 36.4 Å². The van der Waals surface area contributed by atoms with Gasteiger partial charge in [-0.2, -0.15) is 10.5 Å². The molecule has 0 fully saturated rings. The Morgan fingerprint density at radius 2 is 0.917 bits per heavy atom. The summed E-state index contributed by atoms with van der Waals surface area (Å²) in [6.07, 6.45) is 0. The Balaban J connectivity index is 1.19. The van der Waals surface area contributed by atoms with Gasteiger partial charge in [0.15, 0.2) is 0 Å². The lowest BCUT2D eigenvalue weighted by atomic mass is 9.94. The van der Waals surface area contributed by atoms with E-state index in [0.717, 1.165) is 66.5 Å². The molecule has 0 bridgehead atoms. The Morgan fingerprint density at radius 1 is 0.396 bits per heavy atom. The SMILES string of the molecule is N#Cc1cccc(-n2c3ccccc3c3ccccc32)c1-c1cccc(-c2ccc(-n3c4ccccc4c4cccc(C#N)c43)cc2)c1. The first-order chi connectivity index (χ1) is 23.7. The summed E-state index contributed by atoms with van der Waals surface area (Å²) in [7, 11) is 0. The minimum Gasteiger partial charge on any atom is -0.309 e. The number of nitriles is 2. The van der Waals surface area contributed by atoms with Crippen molar-refractivity contribution < 1.29 is 0 Å². The van der Waals surface area contributed by atoms with Crippen molar-refractivity contribution in [3.63, 3.8) is 0 Å². The molecule has 4 nitrogen and oxygen atoms in total. The second kappa shape index (κ2) is 10.9. The molecule has 9 rings (SSSR count). The second-order valence-electron chi connectivity index (χ2n) is 12.0. The Morgan fingerprint density at radius 3 is 1.58 bits per heavy atom. The highest BCUT2D eigenvalue weighted by atomic mass is 15.0. The molecule has 0 saturated carbocycles. The molecule has 0 aliphatic heterocycles. The Labute approximate surface area is 277 Å². The molecular formula is C44H26N4. The van der Waals surface area contributed by atoms with Gasteiger partial charge in [-0.3, -0.25) is 0 Å². The largest absolute Gasteiger partial charge is 0.309 e. The molecule has 0 aliphatic carbocycles. The predicted octanol–water partition coefficient (Wildman–Crippen LogP) is 11.0. The van der Waals surface area contributed by atoms with Crippen LogP contribution in [0.4, 0.5) is 0 Å². The summed E-state index contributed by atoms with van der Waals surface area (Å²) in [5.74, 6) is 0. The van der Waals surface area contributed by atoms with Crippen LogP contribution in [0.5, 0.6) is 0 Å². The molecule has 2 aromatic heterocycles. The summed E-state index contributed by atoms with van der Waals surface area (Å²) < 4.78 is 4.47. The van der Waals surface area contributed by atoms with Crippen LogP contribution in [0.15, 0.2) is 158 Å². The van der Waals surface area contributed by atoms with Gasteiger partial charge in [-0.05, 0) is 71.3 Å². The number of aromatic nitrogens is 2. The van der Waals surface area contributed by atoms with Crippen molar-refractivity contribution in [3.05, 3.63) is 169 Å². The van der Waals surface area contributed by atoms with Crippen LogP contribution in [-0.2, 0) is 0 Å². The van der Waals surface area contributed by atoms with Gasteiger partial charge in [0.1, 0.15) is 6.07 Å². The summed E-state index contributed by atoms with van der Waals surface area (Å²) >= 11 is 0. The van der Waals surface area contributed by atoms with Crippen molar-refractivity contribution in [2.24, 2.45) is 0 Å². The lowest BCUT2D eigenvalue weighted by molar-refractivity contribution is 1.18. The summed E-state index contributed by atoms with van der Waals surface area (Å²) in [4.78, 5) is 0. The van der Waals surface area contributed by atoms with Crippen molar-refractivity contribution in [3.8, 4) is 45.8 Å². The number of rotatable bonds is 4. The molecule has 0 N–H and O–H groups in total. The van der Waals surface area contributed by atoms with E-state index in [0.29, 0.717) is 11.1 Å². The van der Waals surface area contributed by atoms with E-state index in [2.05, 4.69) is 143 Å². The van der Waals surface area contributed by atoms with Gasteiger partial charge in [-0.25, -0.2) is 0 Å². The first kappa shape index (κ1) is 27.4. The summed E-state index contributed by atoms with van der Waals surface area (Å²) in [6.45, 7) is 0. The minimum atomic E-state index is 0.626. The van der Waals surface area contributed by atoms with E-state index in [4.69, 9.17) is 0 Å². The molecule has 48 heavy (non-hydrogen) atoms. The van der Waals surface area contributed by atoms with Gasteiger partial charge in [0.2, 0.25) is 0 Å². The maximum absolute atomic E-state index is 10.3. The van der Waals surface area contributed by atoms with Crippen LogP contribution in [0, 0.1) is 22.7 Å². The van der Waals surface area contributed by atoms with E-state index in [1.165, 1.54) is 10.8 Å². The maximum Gasteiger partial charge on any atom is 0.101 e. The highest BCUT2D eigenvalue weighted by Gasteiger charge is 2.19. The minimum absolute atomic E-state index is 0.626. The van der Waals surface area contributed by atoms with Gasteiger partial charge in [0.25, 0.3) is 0 Å². The zero-order valence-electron chi connectivity index (χ0n) is 25.8. The molecule has 222 valence electrons. The molecule has 0 radical (unpaired) electrons. The van der Waals surface area contributed by atoms with Crippen molar-refractivity contribution in [1.82, 2.24) is 9.13 Å². The zero-order chi connectivity index (χ0) is 32.2. The van der Waals surface area contributed by atoms with Gasteiger partial charge in [-0.1, -0.05) is 103 Å². The summed E-state index contributed by atoms with van der Waals surface area (Å²) in [5, 5.41) is 24.9. The number of benzene rings is 7. The molecule has 0 aliphatic rings. The van der Waals surface area contributed by atoms with Crippen LogP contribution < -0.4 is 0 Å². The molecule has 2 heterocycles. The first-order valence-electron chi connectivity index (χ1n) is 15.9. The van der Waals surface area contributed by atoms with Crippen LogP contribution in [0.1, 0.15) is 11.1 Å². The van der Waals surface area contributed by atoms with Crippen LogP contribution in [0.25, 0.3) is 77.2 Å². The van der Waals surface area contributed by atoms with E-state index < -0.39 is 0 Å². The molecule has 0 unspecified atom stereocenters. The van der Waals surface area contributed by atoms with Crippen molar-refractivity contribution in [2.75, 3.05) is 0 Å². The fourth-order valence-electron chi connectivity index (χ4n) is 7.34. The highest BCUT2D eigenvalue weighted by molar-refractivity contribution is 6.11. The van der Waals surface area contributed by atoms with Gasteiger partial charge in [-0.15, -0.1) is 0 Å². The average Bonchev–Trinajstić information content (AvgIpc) is 3.68. The number of para-hydroxylation sites is 4. The summed E-state index contributed by atoms with van der Waals surface area (Å²) in [6, 6.07) is 58.9. The van der Waals surface area contributed by atoms with E-state index in [9.17, 15) is 10.5 Å². The van der Waals surface area contributed by atoms with Gasteiger partial charge >= 0.3 is 0 Å². The molecule has 0 atom stereocenters. The normalized spacial score (nSPS) is 11.3. The highest BCUT2D eigenvalue weighted by Crippen LogP contribution is 2.39. The third-order valence-corrected chi connectivity index (χ3v) is 9.41. The third kappa shape index (κ3) is 4.07.